The molecule has 1 aliphatic carbocycles. The molecule has 6 nitrogen and oxygen atoms in total. The van der Waals surface area contributed by atoms with Crippen LogP contribution in [-0.4, -0.2) is 33.3 Å². The average molecular weight is 323 g/mol. The van der Waals surface area contributed by atoms with Gasteiger partial charge in [-0.05, 0) is 32.6 Å². The molecule has 2 N–H and O–H groups in total. The molecule has 0 spiro atoms. The van der Waals surface area contributed by atoms with E-state index in [4.69, 9.17) is 4.52 Å². The molecule has 2 aromatic rings. The molecule has 3 aliphatic rings. The van der Waals surface area contributed by atoms with E-state index >= 15 is 0 Å². The lowest BCUT2D eigenvalue weighted by Gasteiger charge is -2.31. The maximum Gasteiger partial charge on any atom is 0.261 e. The van der Waals surface area contributed by atoms with Crippen molar-refractivity contribution in [3.8, 4) is 11.5 Å². The largest absolute Gasteiger partial charge is 0.381 e. The zero-order valence-corrected chi connectivity index (χ0v) is 13.7. The zero-order valence-electron chi connectivity index (χ0n) is 13.7. The van der Waals surface area contributed by atoms with Gasteiger partial charge >= 0.3 is 0 Å². The van der Waals surface area contributed by atoms with Gasteiger partial charge in [-0.3, -0.25) is 4.98 Å². The third-order valence-corrected chi connectivity index (χ3v) is 5.37. The molecule has 1 unspecified atom stereocenters. The number of anilines is 1. The van der Waals surface area contributed by atoms with Crippen LogP contribution in [0.1, 0.15) is 42.8 Å². The molecule has 0 saturated carbocycles. The van der Waals surface area contributed by atoms with Gasteiger partial charge in [-0.15, -0.1) is 0 Å². The van der Waals surface area contributed by atoms with Crippen molar-refractivity contribution in [2.45, 2.75) is 57.2 Å². The summed E-state index contributed by atoms with van der Waals surface area (Å²) in [5.74, 6) is 1.19. The quantitative estimate of drug-likeness (QED) is 0.904. The first-order valence-corrected chi connectivity index (χ1v) is 8.78. The van der Waals surface area contributed by atoms with Crippen molar-refractivity contribution in [1.82, 2.24) is 20.4 Å². The summed E-state index contributed by atoms with van der Waals surface area (Å²) in [6, 6.07) is 1.79. The van der Waals surface area contributed by atoms with E-state index in [-0.39, 0.29) is 0 Å². The minimum atomic E-state index is 0.479. The molecule has 4 heterocycles. The molecular weight excluding hydrogens is 302 g/mol. The van der Waals surface area contributed by atoms with Crippen molar-refractivity contribution in [2.75, 3.05) is 5.32 Å². The highest BCUT2D eigenvalue weighted by atomic mass is 16.5. The number of aryl methyl sites for hydroxylation is 1. The highest BCUT2D eigenvalue weighted by Crippen LogP contribution is 2.37. The van der Waals surface area contributed by atoms with Crippen molar-refractivity contribution >= 4 is 11.8 Å². The van der Waals surface area contributed by atoms with Crippen LogP contribution in [0.25, 0.3) is 17.5 Å². The van der Waals surface area contributed by atoms with E-state index in [2.05, 4.69) is 37.9 Å². The monoisotopic (exact) mass is 323 g/mol. The van der Waals surface area contributed by atoms with E-state index in [9.17, 15) is 0 Å². The van der Waals surface area contributed by atoms with Gasteiger partial charge in [-0.25, -0.2) is 0 Å². The first-order valence-electron chi connectivity index (χ1n) is 8.78. The maximum absolute atomic E-state index is 5.42. The normalized spacial score (nSPS) is 27.5. The van der Waals surface area contributed by atoms with Gasteiger partial charge in [0.05, 0.1) is 16.9 Å². The Kier molecular flexibility index (Phi) is 3.19. The molecule has 2 fully saturated rings. The Balaban J connectivity index is 1.53. The summed E-state index contributed by atoms with van der Waals surface area (Å²) in [7, 11) is 0. The molecule has 2 aromatic heterocycles. The number of fused-ring (bicyclic) bond motifs is 3. The fourth-order valence-corrected chi connectivity index (χ4v) is 4.30. The number of rotatable bonds is 3. The lowest BCUT2D eigenvalue weighted by Crippen LogP contribution is -2.43. The summed E-state index contributed by atoms with van der Waals surface area (Å²) in [5, 5.41) is 11.4. The first kappa shape index (κ1) is 14.2. The standard InChI is InChI=1S/C18H21N5O/c1-10-20-18(24-23-10)15-9-19-16-4-2-3-14(16)17(15)22-13-7-11-5-6-12(8-13)21-11/h2-3,9,11-13,21H,4-8H2,1H3,(H,19,22)/t11-,12+,13?. The molecule has 124 valence electrons. The van der Waals surface area contributed by atoms with E-state index in [0.29, 0.717) is 29.8 Å². The van der Waals surface area contributed by atoms with Gasteiger partial charge in [-0.1, -0.05) is 17.3 Å². The van der Waals surface area contributed by atoms with Crippen molar-refractivity contribution in [1.29, 1.82) is 0 Å². The Hall–Kier alpha value is -2.21. The molecule has 3 atom stereocenters. The maximum atomic E-state index is 5.42. The van der Waals surface area contributed by atoms with Crippen LogP contribution in [0.3, 0.4) is 0 Å². The van der Waals surface area contributed by atoms with Crippen LogP contribution < -0.4 is 10.6 Å². The molecule has 0 amide bonds. The second-order valence-electron chi connectivity index (χ2n) is 7.11. The number of aromatic nitrogens is 3. The Morgan fingerprint density at radius 2 is 2.08 bits per heavy atom. The first-order chi connectivity index (χ1) is 11.8. The molecule has 0 radical (unpaired) electrons. The highest BCUT2D eigenvalue weighted by Gasteiger charge is 2.34. The van der Waals surface area contributed by atoms with E-state index in [0.717, 1.165) is 23.4 Å². The van der Waals surface area contributed by atoms with Gasteiger partial charge in [0.15, 0.2) is 5.82 Å². The highest BCUT2D eigenvalue weighted by molar-refractivity contribution is 5.83. The minimum absolute atomic E-state index is 0.479. The SMILES string of the molecule is Cc1noc(-c2cnc3c(c2NC2C[C@H]4CC[C@@H](C2)N4)C=CC3)n1. The summed E-state index contributed by atoms with van der Waals surface area (Å²) in [5.41, 5.74) is 4.30. The number of piperidine rings is 1. The number of nitrogens with one attached hydrogen (secondary N) is 2. The van der Waals surface area contributed by atoms with Crippen LogP contribution in [-0.2, 0) is 6.42 Å². The van der Waals surface area contributed by atoms with Gasteiger partial charge in [0, 0.05) is 36.3 Å². The fourth-order valence-electron chi connectivity index (χ4n) is 4.30. The van der Waals surface area contributed by atoms with E-state index in [1.807, 2.05) is 13.1 Å². The molecule has 2 aliphatic heterocycles. The van der Waals surface area contributed by atoms with Crippen molar-refractivity contribution < 1.29 is 4.52 Å². The summed E-state index contributed by atoms with van der Waals surface area (Å²) in [4.78, 5) is 9.01. The predicted molar refractivity (Wildman–Crippen MR) is 91.6 cm³/mol. The summed E-state index contributed by atoms with van der Waals surface area (Å²) < 4.78 is 5.42. The van der Waals surface area contributed by atoms with Crippen LogP contribution in [0.4, 0.5) is 5.69 Å². The second kappa shape index (κ2) is 5.41. The summed E-state index contributed by atoms with van der Waals surface area (Å²) in [6.45, 7) is 1.84. The Bertz CT molecular complexity index is 800. The molecule has 6 heteroatoms. The third-order valence-electron chi connectivity index (χ3n) is 5.37. The third kappa shape index (κ3) is 2.33. The molecule has 2 bridgehead atoms. The van der Waals surface area contributed by atoms with Crippen LogP contribution >= 0.6 is 0 Å². The fraction of sp³-hybridized carbons (Fsp3) is 0.500. The summed E-state index contributed by atoms with van der Waals surface area (Å²) >= 11 is 0. The summed E-state index contributed by atoms with van der Waals surface area (Å²) in [6.07, 6.45) is 12.0. The lowest BCUT2D eigenvalue weighted by molar-refractivity contribution is 0.378. The van der Waals surface area contributed by atoms with Crippen LogP contribution in [0.15, 0.2) is 16.8 Å². The Morgan fingerprint density at radius 1 is 1.25 bits per heavy atom. The lowest BCUT2D eigenvalue weighted by atomic mass is 9.98. The van der Waals surface area contributed by atoms with Crippen molar-refractivity contribution in [3.05, 3.63) is 29.4 Å². The topological polar surface area (TPSA) is 75.9 Å². The Labute approximate surface area is 140 Å². The molecule has 5 rings (SSSR count). The smallest absolute Gasteiger partial charge is 0.261 e. The number of pyridine rings is 1. The van der Waals surface area contributed by atoms with Gasteiger partial charge in [0.1, 0.15) is 0 Å². The average Bonchev–Trinajstić information content (AvgIpc) is 3.28. The molecule has 24 heavy (non-hydrogen) atoms. The van der Waals surface area contributed by atoms with Gasteiger partial charge in [0.2, 0.25) is 0 Å². The van der Waals surface area contributed by atoms with E-state index < -0.39 is 0 Å². The van der Waals surface area contributed by atoms with Crippen LogP contribution in [0, 0.1) is 6.92 Å². The van der Waals surface area contributed by atoms with Crippen LogP contribution in [0.2, 0.25) is 0 Å². The van der Waals surface area contributed by atoms with Crippen LogP contribution in [0.5, 0.6) is 0 Å². The second-order valence-corrected chi connectivity index (χ2v) is 7.11. The number of nitrogens with zero attached hydrogens (tertiary/aromatic N) is 3. The number of hydrogen-bond donors (Lipinski definition) is 2. The number of allylic oxidation sites excluding steroid dienone is 1. The van der Waals surface area contributed by atoms with E-state index in [1.165, 1.54) is 31.2 Å². The van der Waals surface area contributed by atoms with Gasteiger partial charge < -0.3 is 15.2 Å². The van der Waals surface area contributed by atoms with Crippen molar-refractivity contribution in [3.63, 3.8) is 0 Å². The van der Waals surface area contributed by atoms with E-state index in [1.54, 1.807) is 0 Å². The molecular formula is C18H21N5O. The predicted octanol–water partition coefficient (Wildman–Crippen LogP) is 2.70. The van der Waals surface area contributed by atoms with Gasteiger partial charge in [0.25, 0.3) is 5.89 Å². The Morgan fingerprint density at radius 3 is 2.83 bits per heavy atom. The molecule has 0 aromatic carbocycles. The van der Waals surface area contributed by atoms with Crippen molar-refractivity contribution in [2.24, 2.45) is 0 Å². The van der Waals surface area contributed by atoms with Gasteiger partial charge in [-0.2, -0.15) is 4.98 Å². The zero-order chi connectivity index (χ0) is 16.1. The number of hydrogen-bond acceptors (Lipinski definition) is 6. The minimum Gasteiger partial charge on any atom is -0.381 e. The molecule has 2 saturated heterocycles.